The molecule has 4 heteroatoms. The van der Waals surface area contributed by atoms with E-state index >= 15 is 0 Å². The predicted octanol–water partition coefficient (Wildman–Crippen LogP) is 2.15. The quantitative estimate of drug-likeness (QED) is 0.878. The zero-order valence-electron chi connectivity index (χ0n) is 7.75. The summed E-state index contributed by atoms with van der Waals surface area (Å²) >= 11 is 5.05. The van der Waals surface area contributed by atoms with Crippen molar-refractivity contribution in [2.24, 2.45) is 5.73 Å². The van der Waals surface area contributed by atoms with E-state index in [0.29, 0.717) is 0 Å². The average molecular weight is 264 g/mol. The van der Waals surface area contributed by atoms with Crippen LogP contribution in [0.15, 0.2) is 15.9 Å². The van der Waals surface area contributed by atoms with E-state index in [9.17, 15) is 5.11 Å². The van der Waals surface area contributed by atoms with Crippen LogP contribution < -0.4 is 5.73 Å². The summed E-state index contributed by atoms with van der Waals surface area (Å²) in [6.07, 6.45) is 0.722. The Morgan fingerprint density at radius 2 is 2.23 bits per heavy atom. The van der Waals surface area contributed by atoms with E-state index in [1.54, 1.807) is 25.2 Å². The summed E-state index contributed by atoms with van der Waals surface area (Å²) in [6, 6.07) is 3.82. The summed E-state index contributed by atoms with van der Waals surface area (Å²) in [6.45, 7) is 3.47. The fourth-order valence-electron chi connectivity index (χ4n) is 0.928. The molecular formula is C9H14BrNOS. The number of rotatable bonds is 3. The molecule has 0 aliphatic rings. The zero-order valence-corrected chi connectivity index (χ0v) is 10.2. The van der Waals surface area contributed by atoms with E-state index in [2.05, 4.69) is 15.9 Å². The maximum Gasteiger partial charge on any atom is 0.0745 e. The van der Waals surface area contributed by atoms with Gasteiger partial charge in [0, 0.05) is 10.9 Å². The van der Waals surface area contributed by atoms with Crippen molar-refractivity contribution in [1.82, 2.24) is 0 Å². The third-order valence-electron chi connectivity index (χ3n) is 1.96. The largest absolute Gasteiger partial charge is 0.389 e. The summed E-state index contributed by atoms with van der Waals surface area (Å²) in [5.41, 5.74) is 5.02. The van der Waals surface area contributed by atoms with Crippen molar-refractivity contribution in [2.45, 2.75) is 31.9 Å². The first kappa shape index (κ1) is 11.2. The Balaban J connectivity index is 2.60. The molecule has 2 nitrogen and oxygen atoms in total. The fraction of sp³-hybridized carbons (Fsp3) is 0.556. The summed E-state index contributed by atoms with van der Waals surface area (Å²) in [5, 5.41) is 9.62. The number of thiophene rings is 1. The number of nitrogens with two attached hydrogens (primary N) is 1. The molecular weight excluding hydrogens is 250 g/mol. The van der Waals surface area contributed by atoms with Gasteiger partial charge in [-0.25, -0.2) is 0 Å². The van der Waals surface area contributed by atoms with E-state index in [1.165, 1.54) is 4.88 Å². The molecule has 0 bridgehead atoms. The van der Waals surface area contributed by atoms with Crippen molar-refractivity contribution in [3.05, 3.63) is 20.8 Å². The van der Waals surface area contributed by atoms with Gasteiger partial charge in [-0.1, -0.05) is 0 Å². The molecule has 0 fully saturated rings. The lowest BCUT2D eigenvalue weighted by Crippen LogP contribution is -2.44. The lowest BCUT2D eigenvalue weighted by Gasteiger charge is -2.24. The molecule has 0 radical (unpaired) electrons. The zero-order chi connectivity index (χ0) is 10.1. The second-order valence-electron chi connectivity index (χ2n) is 3.67. The van der Waals surface area contributed by atoms with Gasteiger partial charge in [0.25, 0.3) is 0 Å². The summed E-state index contributed by atoms with van der Waals surface area (Å²) in [4.78, 5) is 1.20. The monoisotopic (exact) mass is 263 g/mol. The average Bonchev–Trinajstić information content (AvgIpc) is 2.33. The van der Waals surface area contributed by atoms with Crippen molar-refractivity contribution in [2.75, 3.05) is 0 Å². The topological polar surface area (TPSA) is 46.2 Å². The van der Waals surface area contributed by atoms with E-state index in [4.69, 9.17) is 5.73 Å². The third kappa shape index (κ3) is 3.38. The maximum absolute atomic E-state index is 9.62. The van der Waals surface area contributed by atoms with Crippen LogP contribution in [-0.4, -0.2) is 16.7 Å². The second-order valence-corrected chi connectivity index (χ2v) is 6.22. The Kier molecular flexibility index (Phi) is 3.51. The SMILES string of the molecule is CC(C)(O)C(N)Cc1ccc(Br)s1. The highest BCUT2D eigenvalue weighted by Crippen LogP contribution is 2.24. The van der Waals surface area contributed by atoms with E-state index < -0.39 is 5.60 Å². The van der Waals surface area contributed by atoms with Crippen molar-refractivity contribution >= 4 is 27.3 Å². The minimum atomic E-state index is -0.809. The summed E-state index contributed by atoms with van der Waals surface area (Å²) < 4.78 is 1.10. The smallest absolute Gasteiger partial charge is 0.0745 e. The Morgan fingerprint density at radius 1 is 1.62 bits per heavy atom. The molecule has 13 heavy (non-hydrogen) atoms. The van der Waals surface area contributed by atoms with Gasteiger partial charge in [0.15, 0.2) is 0 Å². The van der Waals surface area contributed by atoms with Crippen molar-refractivity contribution in [3.63, 3.8) is 0 Å². The number of hydrogen-bond donors (Lipinski definition) is 2. The highest BCUT2D eigenvalue weighted by Gasteiger charge is 2.23. The van der Waals surface area contributed by atoms with Crippen LogP contribution in [0, 0.1) is 0 Å². The lowest BCUT2D eigenvalue weighted by molar-refractivity contribution is 0.0524. The van der Waals surface area contributed by atoms with Crippen LogP contribution >= 0.6 is 27.3 Å². The lowest BCUT2D eigenvalue weighted by atomic mass is 9.96. The molecule has 1 rings (SSSR count). The normalized spacial score (nSPS) is 14.5. The van der Waals surface area contributed by atoms with Gasteiger partial charge in [0.1, 0.15) is 0 Å². The minimum absolute atomic E-state index is 0.210. The second kappa shape index (κ2) is 4.09. The molecule has 1 aromatic heterocycles. The first-order chi connectivity index (χ1) is 5.89. The summed E-state index contributed by atoms with van der Waals surface area (Å²) in [7, 11) is 0. The van der Waals surface area contributed by atoms with Crippen LogP contribution in [0.3, 0.4) is 0 Å². The van der Waals surface area contributed by atoms with Gasteiger partial charge in [-0.15, -0.1) is 11.3 Å². The van der Waals surface area contributed by atoms with Gasteiger partial charge in [-0.05, 0) is 48.3 Å². The molecule has 0 spiro atoms. The highest BCUT2D eigenvalue weighted by atomic mass is 79.9. The molecule has 0 aliphatic heterocycles. The Hall–Kier alpha value is 0.1000. The molecule has 1 atom stereocenters. The fourth-order valence-corrected chi connectivity index (χ4v) is 2.47. The van der Waals surface area contributed by atoms with Crippen LogP contribution in [0.2, 0.25) is 0 Å². The van der Waals surface area contributed by atoms with E-state index in [0.717, 1.165) is 10.2 Å². The molecule has 0 saturated heterocycles. The van der Waals surface area contributed by atoms with Crippen LogP contribution in [0.5, 0.6) is 0 Å². The molecule has 0 aromatic carbocycles. The molecule has 0 amide bonds. The van der Waals surface area contributed by atoms with Gasteiger partial charge in [0.2, 0.25) is 0 Å². The van der Waals surface area contributed by atoms with Gasteiger partial charge >= 0.3 is 0 Å². The number of halogens is 1. The van der Waals surface area contributed by atoms with Crippen molar-refractivity contribution in [1.29, 1.82) is 0 Å². The van der Waals surface area contributed by atoms with E-state index in [-0.39, 0.29) is 6.04 Å². The van der Waals surface area contributed by atoms with Crippen molar-refractivity contribution < 1.29 is 5.11 Å². The van der Waals surface area contributed by atoms with Crippen LogP contribution in [0.1, 0.15) is 18.7 Å². The molecule has 3 N–H and O–H groups in total. The van der Waals surface area contributed by atoms with Crippen LogP contribution in [0.25, 0.3) is 0 Å². The minimum Gasteiger partial charge on any atom is -0.389 e. The first-order valence-corrected chi connectivity index (χ1v) is 5.72. The molecule has 1 heterocycles. The Morgan fingerprint density at radius 3 is 2.62 bits per heavy atom. The Bertz CT molecular complexity index is 279. The standard InChI is InChI=1S/C9H14BrNOS/c1-9(2,12)7(11)5-6-3-4-8(10)13-6/h3-4,7,12H,5,11H2,1-2H3. The Labute approximate surface area is 90.9 Å². The van der Waals surface area contributed by atoms with E-state index in [1.807, 2.05) is 12.1 Å². The molecule has 1 unspecified atom stereocenters. The molecule has 0 aliphatic carbocycles. The van der Waals surface area contributed by atoms with Gasteiger partial charge in [-0.2, -0.15) is 0 Å². The highest BCUT2D eigenvalue weighted by molar-refractivity contribution is 9.11. The maximum atomic E-state index is 9.62. The predicted molar refractivity (Wildman–Crippen MR) is 60.0 cm³/mol. The van der Waals surface area contributed by atoms with Gasteiger partial charge in [-0.3, -0.25) is 0 Å². The third-order valence-corrected chi connectivity index (χ3v) is 3.60. The van der Waals surface area contributed by atoms with Crippen LogP contribution in [-0.2, 0) is 6.42 Å². The number of aliphatic hydroxyl groups is 1. The summed E-state index contributed by atoms with van der Waals surface area (Å²) in [5.74, 6) is 0. The number of hydrogen-bond acceptors (Lipinski definition) is 3. The van der Waals surface area contributed by atoms with Gasteiger partial charge < -0.3 is 10.8 Å². The molecule has 0 saturated carbocycles. The van der Waals surface area contributed by atoms with Crippen LogP contribution in [0.4, 0.5) is 0 Å². The molecule has 74 valence electrons. The van der Waals surface area contributed by atoms with Gasteiger partial charge in [0.05, 0.1) is 9.39 Å². The molecule has 1 aromatic rings. The van der Waals surface area contributed by atoms with Crippen molar-refractivity contribution in [3.8, 4) is 0 Å². The first-order valence-electron chi connectivity index (χ1n) is 4.12.